The molecule has 0 fully saturated rings. The van der Waals surface area contributed by atoms with E-state index in [2.05, 4.69) is 15.8 Å². The average Bonchev–Trinajstić information content (AvgIpc) is 2.77. The molecule has 0 radical (unpaired) electrons. The second kappa shape index (κ2) is 10.7. The number of hydrogen-bond acceptors (Lipinski definition) is 4. The third-order valence-electron chi connectivity index (χ3n) is 4.26. The third-order valence-corrected chi connectivity index (χ3v) is 4.79. The molecule has 0 aliphatic carbocycles. The third kappa shape index (κ3) is 6.29. The van der Waals surface area contributed by atoms with E-state index in [0.717, 1.165) is 0 Å². The molecule has 6 nitrogen and oxygen atoms in total. The Morgan fingerprint density at radius 3 is 2.56 bits per heavy atom. The van der Waals surface area contributed by atoms with Gasteiger partial charge >= 0.3 is 0 Å². The van der Waals surface area contributed by atoms with Crippen LogP contribution in [0, 0.1) is 5.82 Å². The summed E-state index contributed by atoms with van der Waals surface area (Å²) in [4.78, 5) is 24.3. The molecule has 3 aromatic carbocycles. The van der Waals surface area contributed by atoms with Crippen molar-refractivity contribution in [2.45, 2.75) is 6.92 Å². The van der Waals surface area contributed by atoms with Gasteiger partial charge in [0.05, 0.1) is 16.3 Å². The summed E-state index contributed by atoms with van der Waals surface area (Å²) >= 11 is 11.8. The van der Waals surface area contributed by atoms with E-state index in [1.165, 1.54) is 24.3 Å². The highest BCUT2D eigenvalue weighted by Crippen LogP contribution is 2.27. The standard InChI is InChI=1S/C23H18Cl2FN3O3/c1-14(28-29-22(30)13-32-21-10-9-16(24)12-19(21)25)15-5-4-6-17(11-15)27-23(31)18-7-2-3-8-20(18)26/h2-12H,13H2,1H3,(H,27,31)(H,29,30)/b28-14-. The number of halogens is 3. The summed E-state index contributed by atoms with van der Waals surface area (Å²) in [6.07, 6.45) is 0. The lowest BCUT2D eigenvalue weighted by Gasteiger charge is -2.09. The van der Waals surface area contributed by atoms with Crippen LogP contribution < -0.4 is 15.5 Å². The van der Waals surface area contributed by atoms with Crippen LogP contribution in [0.15, 0.2) is 71.8 Å². The molecule has 0 aliphatic rings. The Bertz CT molecular complexity index is 1180. The number of benzene rings is 3. The van der Waals surface area contributed by atoms with Crippen LogP contribution in [0.5, 0.6) is 5.75 Å². The largest absolute Gasteiger partial charge is 0.482 e. The SMILES string of the molecule is C/C(=N/NC(=O)COc1ccc(Cl)cc1Cl)c1cccc(NC(=O)c2ccccc2F)c1. The molecule has 0 unspecified atom stereocenters. The summed E-state index contributed by atoms with van der Waals surface area (Å²) in [5.74, 6) is -1.34. The Morgan fingerprint density at radius 1 is 1.03 bits per heavy atom. The van der Waals surface area contributed by atoms with Gasteiger partial charge < -0.3 is 10.1 Å². The molecule has 9 heteroatoms. The van der Waals surface area contributed by atoms with Crippen molar-refractivity contribution in [3.63, 3.8) is 0 Å². The normalized spacial score (nSPS) is 11.1. The summed E-state index contributed by atoms with van der Waals surface area (Å²) in [5, 5.41) is 7.44. The van der Waals surface area contributed by atoms with E-state index in [1.54, 1.807) is 49.4 Å². The molecule has 0 saturated heterocycles. The zero-order valence-electron chi connectivity index (χ0n) is 16.9. The molecule has 32 heavy (non-hydrogen) atoms. The smallest absolute Gasteiger partial charge is 0.277 e. The summed E-state index contributed by atoms with van der Waals surface area (Å²) < 4.78 is 19.1. The number of hydrazone groups is 1. The number of rotatable bonds is 7. The van der Waals surface area contributed by atoms with Crippen LogP contribution in [-0.4, -0.2) is 24.1 Å². The van der Waals surface area contributed by atoms with Gasteiger partial charge in [0.2, 0.25) is 0 Å². The van der Waals surface area contributed by atoms with Gasteiger partial charge in [0.25, 0.3) is 11.8 Å². The highest BCUT2D eigenvalue weighted by atomic mass is 35.5. The van der Waals surface area contributed by atoms with E-state index < -0.39 is 17.6 Å². The fourth-order valence-corrected chi connectivity index (χ4v) is 3.11. The van der Waals surface area contributed by atoms with E-state index in [0.29, 0.717) is 32.8 Å². The quantitative estimate of drug-likeness (QED) is 0.360. The summed E-state index contributed by atoms with van der Waals surface area (Å²) in [5.41, 5.74) is 3.93. The summed E-state index contributed by atoms with van der Waals surface area (Å²) in [6.45, 7) is 1.39. The Labute approximate surface area is 194 Å². The Hall–Kier alpha value is -3.42. The van der Waals surface area contributed by atoms with E-state index >= 15 is 0 Å². The minimum Gasteiger partial charge on any atom is -0.482 e. The van der Waals surface area contributed by atoms with Gasteiger partial charge in [-0.25, -0.2) is 9.82 Å². The van der Waals surface area contributed by atoms with Crippen LogP contribution in [-0.2, 0) is 4.79 Å². The van der Waals surface area contributed by atoms with Crippen molar-refractivity contribution in [1.82, 2.24) is 5.43 Å². The Kier molecular flexibility index (Phi) is 7.81. The zero-order valence-corrected chi connectivity index (χ0v) is 18.4. The van der Waals surface area contributed by atoms with Gasteiger partial charge in [-0.1, -0.05) is 47.5 Å². The van der Waals surface area contributed by atoms with Gasteiger partial charge in [0.1, 0.15) is 11.6 Å². The molecular formula is C23H18Cl2FN3O3. The second-order valence-corrected chi connectivity index (χ2v) is 7.45. The van der Waals surface area contributed by atoms with E-state index in [9.17, 15) is 14.0 Å². The van der Waals surface area contributed by atoms with Crippen LogP contribution in [0.2, 0.25) is 10.0 Å². The first-order valence-corrected chi connectivity index (χ1v) is 10.2. The van der Waals surface area contributed by atoms with Crippen molar-refractivity contribution < 1.29 is 18.7 Å². The first-order valence-electron chi connectivity index (χ1n) is 9.41. The lowest BCUT2D eigenvalue weighted by Crippen LogP contribution is -2.25. The van der Waals surface area contributed by atoms with Crippen molar-refractivity contribution in [1.29, 1.82) is 0 Å². The van der Waals surface area contributed by atoms with Gasteiger partial charge in [-0.05, 0) is 55.0 Å². The molecular weight excluding hydrogens is 456 g/mol. The van der Waals surface area contributed by atoms with Crippen molar-refractivity contribution in [2.75, 3.05) is 11.9 Å². The van der Waals surface area contributed by atoms with Crippen molar-refractivity contribution in [3.8, 4) is 5.75 Å². The molecule has 0 heterocycles. The summed E-state index contributed by atoms with van der Waals surface area (Å²) in [6, 6.07) is 17.2. The molecule has 0 aliphatic heterocycles. The van der Waals surface area contributed by atoms with Gasteiger partial charge in [0.15, 0.2) is 6.61 Å². The van der Waals surface area contributed by atoms with Gasteiger partial charge in [0, 0.05) is 10.7 Å². The molecule has 0 saturated carbocycles. The van der Waals surface area contributed by atoms with Crippen LogP contribution in [0.3, 0.4) is 0 Å². The maximum absolute atomic E-state index is 13.8. The van der Waals surface area contributed by atoms with Crippen molar-refractivity contribution >= 4 is 46.4 Å². The number of hydrogen-bond donors (Lipinski definition) is 2. The van der Waals surface area contributed by atoms with Crippen LogP contribution in [0.1, 0.15) is 22.8 Å². The van der Waals surface area contributed by atoms with Crippen LogP contribution in [0.25, 0.3) is 0 Å². The molecule has 0 atom stereocenters. The zero-order chi connectivity index (χ0) is 23.1. The minimum atomic E-state index is -0.608. The molecule has 3 rings (SSSR count). The van der Waals surface area contributed by atoms with Crippen molar-refractivity contribution in [3.05, 3.63) is 93.7 Å². The number of anilines is 1. The molecule has 2 amide bonds. The number of nitrogens with one attached hydrogen (secondary N) is 2. The molecule has 0 spiro atoms. The molecule has 0 bridgehead atoms. The van der Waals surface area contributed by atoms with Crippen molar-refractivity contribution in [2.24, 2.45) is 5.10 Å². The predicted molar refractivity (Wildman–Crippen MR) is 123 cm³/mol. The Balaban J connectivity index is 1.59. The maximum atomic E-state index is 13.8. The maximum Gasteiger partial charge on any atom is 0.277 e. The molecule has 164 valence electrons. The topological polar surface area (TPSA) is 79.8 Å². The van der Waals surface area contributed by atoms with E-state index in [1.807, 2.05) is 0 Å². The first kappa shape index (κ1) is 23.2. The first-order chi connectivity index (χ1) is 15.3. The lowest BCUT2D eigenvalue weighted by molar-refractivity contribution is -0.123. The summed E-state index contributed by atoms with van der Waals surface area (Å²) in [7, 11) is 0. The average molecular weight is 474 g/mol. The highest BCUT2D eigenvalue weighted by molar-refractivity contribution is 6.35. The van der Waals surface area contributed by atoms with E-state index in [-0.39, 0.29) is 12.2 Å². The van der Waals surface area contributed by atoms with E-state index in [4.69, 9.17) is 27.9 Å². The van der Waals surface area contributed by atoms with Crippen LogP contribution >= 0.6 is 23.2 Å². The monoisotopic (exact) mass is 473 g/mol. The fraction of sp³-hybridized carbons (Fsp3) is 0.0870. The number of nitrogens with zero attached hydrogens (tertiary/aromatic N) is 1. The Morgan fingerprint density at radius 2 is 1.81 bits per heavy atom. The highest BCUT2D eigenvalue weighted by Gasteiger charge is 2.12. The lowest BCUT2D eigenvalue weighted by atomic mass is 10.1. The fourth-order valence-electron chi connectivity index (χ4n) is 2.64. The molecule has 3 aromatic rings. The number of carbonyl (C=O) groups excluding carboxylic acids is 2. The second-order valence-electron chi connectivity index (χ2n) is 6.61. The predicted octanol–water partition coefficient (Wildman–Crippen LogP) is 5.30. The number of carbonyl (C=O) groups is 2. The number of ether oxygens (including phenoxy) is 1. The molecule has 0 aromatic heterocycles. The van der Waals surface area contributed by atoms with Gasteiger partial charge in [-0.2, -0.15) is 5.10 Å². The van der Waals surface area contributed by atoms with Crippen LogP contribution in [0.4, 0.5) is 10.1 Å². The van der Waals surface area contributed by atoms with Gasteiger partial charge in [-0.15, -0.1) is 0 Å². The molecule has 2 N–H and O–H groups in total. The van der Waals surface area contributed by atoms with Gasteiger partial charge in [-0.3, -0.25) is 9.59 Å². The minimum absolute atomic E-state index is 0.0589. The number of amides is 2.